The van der Waals surface area contributed by atoms with Gasteiger partial charge in [0.15, 0.2) is 0 Å². The fourth-order valence-electron chi connectivity index (χ4n) is 1.46. The van der Waals surface area contributed by atoms with E-state index < -0.39 is 8.07 Å². The summed E-state index contributed by atoms with van der Waals surface area (Å²) in [6.07, 6.45) is 0. The number of hydrogen-bond donors (Lipinski definition) is 0. The third kappa shape index (κ3) is 3.08. The van der Waals surface area contributed by atoms with Crippen molar-refractivity contribution in [2.24, 2.45) is 0 Å². The lowest BCUT2D eigenvalue weighted by atomic mass is 10.2. The second-order valence-electron chi connectivity index (χ2n) is 6.23. The summed E-state index contributed by atoms with van der Waals surface area (Å²) < 4.78 is 5.27. The molecule has 0 spiro atoms. The molecular formula is C13H22O2Si. The van der Waals surface area contributed by atoms with Gasteiger partial charge in [-0.1, -0.05) is 33.9 Å². The Morgan fingerprint density at radius 1 is 1.25 bits per heavy atom. The van der Waals surface area contributed by atoms with Gasteiger partial charge in [-0.05, 0) is 23.6 Å². The van der Waals surface area contributed by atoms with Crippen LogP contribution in [0.25, 0.3) is 0 Å². The van der Waals surface area contributed by atoms with Crippen molar-refractivity contribution < 1.29 is 4.42 Å². The summed E-state index contributed by atoms with van der Waals surface area (Å²) in [5, 5.41) is 0.315. The molecule has 1 heterocycles. The van der Waals surface area contributed by atoms with Gasteiger partial charge in [-0.25, -0.2) is 4.79 Å². The molecule has 0 aromatic carbocycles. The first-order valence-corrected chi connectivity index (χ1v) is 8.93. The van der Waals surface area contributed by atoms with E-state index in [0.717, 1.165) is 17.4 Å². The van der Waals surface area contributed by atoms with Crippen LogP contribution in [0.3, 0.4) is 0 Å². The Labute approximate surface area is 98.7 Å². The molecule has 1 aromatic heterocycles. The van der Waals surface area contributed by atoms with Crippen molar-refractivity contribution in [1.29, 1.82) is 0 Å². The lowest BCUT2D eigenvalue weighted by Crippen LogP contribution is -2.40. The third-order valence-corrected chi connectivity index (χ3v) is 8.91. The summed E-state index contributed by atoms with van der Waals surface area (Å²) in [6.45, 7) is 13.4. The van der Waals surface area contributed by atoms with Gasteiger partial charge in [-0.15, -0.1) is 0 Å². The topological polar surface area (TPSA) is 30.2 Å². The summed E-state index contributed by atoms with van der Waals surface area (Å²) in [7, 11) is -1.42. The Hall–Kier alpha value is -0.833. The van der Waals surface area contributed by atoms with Crippen molar-refractivity contribution in [3.8, 4) is 0 Å². The van der Waals surface area contributed by atoms with Gasteiger partial charge in [-0.2, -0.15) is 0 Å². The summed E-state index contributed by atoms with van der Waals surface area (Å²) in [4.78, 5) is 11.3. The lowest BCUT2D eigenvalue weighted by molar-refractivity contribution is 0.470. The minimum atomic E-state index is -1.42. The quantitative estimate of drug-likeness (QED) is 0.738. The maximum atomic E-state index is 11.3. The second kappa shape index (κ2) is 4.21. The van der Waals surface area contributed by atoms with E-state index in [1.54, 1.807) is 0 Å². The van der Waals surface area contributed by atoms with Crippen molar-refractivity contribution in [3.05, 3.63) is 33.9 Å². The molecule has 0 aliphatic heterocycles. The first-order chi connectivity index (χ1) is 7.12. The van der Waals surface area contributed by atoms with Crippen LogP contribution in [0.15, 0.2) is 21.3 Å². The molecule has 3 heteroatoms. The molecule has 16 heavy (non-hydrogen) atoms. The first-order valence-electron chi connectivity index (χ1n) is 5.72. The van der Waals surface area contributed by atoms with Gasteiger partial charge in [0.05, 0.1) is 8.07 Å². The highest BCUT2D eigenvalue weighted by Crippen LogP contribution is 2.37. The van der Waals surface area contributed by atoms with Crippen molar-refractivity contribution in [3.63, 3.8) is 0 Å². The van der Waals surface area contributed by atoms with Crippen molar-refractivity contribution in [2.45, 2.75) is 51.9 Å². The zero-order valence-electron chi connectivity index (χ0n) is 11.2. The van der Waals surface area contributed by atoms with Crippen molar-refractivity contribution >= 4 is 8.07 Å². The molecule has 0 atom stereocenters. The van der Waals surface area contributed by atoms with Gasteiger partial charge in [0.25, 0.3) is 0 Å². The van der Waals surface area contributed by atoms with Gasteiger partial charge < -0.3 is 4.42 Å². The fourth-order valence-corrected chi connectivity index (χ4v) is 3.03. The van der Waals surface area contributed by atoms with E-state index in [1.807, 2.05) is 13.0 Å². The molecule has 0 saturated heterocycles. The minimum absolute atomic E-state index is 0.228. The molecule has 90 valence electrons. The van der Waals surface area contributed by atoms with Crippen LogP contribution in [-0.2, 0) is 6.04 Å². The molecule has 0 aliphatic rings. The molecule has 1 aromatic rings. The van der Waals surface area contributed by atoms with Gasteiger partial charge in [0.1, 0.15) is 5.76 Å². The van der Waals surface area contributed by atoms with Crippen LogP contribution in [0.4, 0.5) is 0 Å². The molecule has 1 rings (SSSR count). The maximum absolute atomic E-state index is 11.3. The Morgan fingerprint density at radius 2 is 1.81 bits per heavy atom. The Kier molecular flexibility index (Phi) is 3.48. The van der Waals surface area contributed by atoms with Gasteiger partial charge in [-0.3, -0.25) is 0 Å². The number of hydrogen-bond acceptors (Lipinski definition) is 2. The monoisotopic (exact) mass is 238 g/mol. The van der Waals surface area contributed by atoms with E-state index in [2.05, 4.69) is 33.9 Å². The highest BCUT2D eigenvalue weighted by atomic mass is 28.3. The zero-order chi connectivity index (χ0) is 12.6. The SMILES string of the molecule is Cc1cc(C[Si](C)(C)C(C)(C)C)oc(=O)c1. The van der Waals surface area contributed by atoms with Crippen LogP contribution < -0.4 is 5.63 Å². The third-order valence-electron chi connectivity index (χ3n) is 3.61. The summed E-state index contributed by atoms with van der Waals surface area (Å²) in [5.41, 5.74) is 0.763. The molecule has 0 aliphatic carbocycles. The van der Waals surface area contributed by atoms with Crippen LogP contribution >= 0.6 is 0 Å². The van der Waals surface area contributed by atoms with E-state index in [0.29, 0.717) is 5.04 Å². The van der Waals surface area contributed by atoms with Gasteiger partial charge >= 0.3 is 5.63 Å². The van der Waals surface area contributed by atoms with Crippen molar-refractivity contribution in [1.82, 2.24) is 0 Å². The largest absolute Gasteiger partial charge is 0.428 e. The van der Waals surface area contributed by atoms with Crippen LogP contribution in [0.5, 0.6) is 0 Å². The average molecular weight is 238 g/mol. The number of rotatable bonds is 2. The fraction of sp³-hybridized carbons (Fsp3) is 0.615. The highest BCUT2D eigenvalue weighted by Gasteiger charge is 2.35. The maximum Gasteiger partial charge on any atom is 0.336 e. The summed E-state index contributed by atoms with van der Waals surface area (Å²) in [6, 6.07) is 4.45. The Morgan fingerprint density at radius 3 is 2.25 bits per heavy atom. The normalized spacial score (nSPS) is 12.9. The van der Waals surface area contributed by atoms with Crippen LogP contribution in [0, 0.1) is 6.92 Å². The molecular weight excluding hydrogens is 216 g/mol. The van der Waals surface area contributed by atoms with Crippen LogP contribution in [0.2, 0.25) is 18.1 Å². The highest BCUT2D eigenvalue weighted by molar-refractivity contribution is 6.79. The predicted octanol–water partition coefficient (Wildman–Crippen LogP) is 3.54. The molecule has 0 bridgehead atoms. The molecule has 0 unspecified atom stereocenters. The zero-order valence-corrected chi connectivity index (χ0v) is 12.2. The van der Waals surface area contributed by atoms with E-state index in [1.165, 1.54) is 6.07 Å². The van der Waals surface area contributed by atoms with E-state index in [-0.39, 0.29) is 5.63 Å². The smallest absolute Gasteiger partial charge is 0.336 e. The number of aryl methyl sites for hydroxylation is 1. The van der Waals surface area contributed by atoms with Gasteiger partial charge in [0.2, 0.25) is 0 Å². The summed E-state index contributed by atoms with van der Waals surface area (Å²) in [5.74, 6) is 0.844. The molecule has 0 fully saturated rings. The van der Waals surface area contributed by atoms with Crippen LogP contribution in [-0.4, -0.2) is 8.07 Å². The molecule has 0 amide bonds. The second-order valence-corrected chi connectivity index (χ2v) is 11.9. The minimum Gasteiger partial charge on any atom is -0.428 e. The van der Waals surface area contributed by atoms with E-state index >= 15 is 0 Å². The van der Waals surface area contributed by atoms with E-state index in [9.17, 15) is 4.79 Å². The standard InChI is InChI=1S/C13H22O2Si/c1-10-7-11(15-12(14)8-10)9-16(5,6)13(2,3)4/h7-8H,9H2,1-6H3. The van der Waals surface area contributed by atoms with Crippen molar-refractivity contribution in [2.75, 3.05) is 0 Å². The van der Waals surface area contributed by atoms with E-state index in [4.69, 9.17) is 4.42 Å². The Bertz CT molecular complexity index is 424. The molecule has 2 nitrogen and oxygen atoms in total. The Balaban J connectivity index is 3.01. The van der Waals surface area contributed by atoms with Crippen LogP contribution in [0.1, 0.15) is 32.1 Å². The average Bonchev–Trinajstić information content (AvgIpc) is 1.97. The summed E-state index contributed by atoms with van der Waals surface area (Å²) >= 11 is 0. The molecule has 0 N–H and O–H groups in total. The predicted molar refractivity (Wildman–Crippen MR) is 70.6 cm³/mol. The lowest BCUT2D eigenvalue weighted by Gasteiger charge is -2.36. The molecule has 0 saturated carbocycles. The molecule has 0 radical (unpaired) electrons. The first kappa shape index (κ1) is 13.2. The van der Waals surface area contributed by atoms with Gasteiger partial charge in [0, 0.05) is 12.1 Å².